The Bertz CT molecular complexity index is 1020. The molecule has 0 heterocycles. The van der Waals surface area contributed by atoms with E-state index in [-0.39, 0.29) is 11.5 Å². The van der Waals surface area contributed by atoms with Gasteiger partial charge in [0.05, 0.1) is 0 Å². The molecule has 0 aliphatic rings. The standard InChI is InChI=1S/C26H24N2O2/c29-25-13-11-19(15-21(25)17-27-23-7-3-1-4-8-23)20-12-14-26(30)22(16-20)18-28-24-9-5-2-6-10-24/h1-16,27-30H,17-18H2. The van der Waals surface area contributed by atoms with Crippen molar-refractivity contribution in [3.8, 4) is 22.6 Å². The van der Waals surface area contributed by atoms with Gasteiger partial charge in [-0.3, -0.25) is 0 Å². The van der Waals surface area contributed by atoms with E-state index in [1.807, 2.05) is 84.9 Å². The van der Waals surface area contributed by atoms with Crippen LogP contribution in [0.25, 0.3) is 11.1 Å². The third-order valence-corrected chi connectivity index (χ3v) is 5.01. The van der Waals surface area contributed by atoms with Gasteiger partial charge in [0, 0.05) is 35.6 Å². The van der Waals surface area contributed by atoms with Gasteiger partial charge in [-0.25, -0.2) is 0 Å². The fourth-order valence-electron chi connectivity index (χ4n) is 3.32. The fourth-order valence-corrected chi connectivity index (χ4v) is 3.32. The molecular weight excluding hydrogens is 372 g/mol. The van der Waals surface area contributed by atoms with Crippen LogP contribution in [0.4, 0.5) is 11.4 Å². The Morgan fingerprint density at radius 3 is 1.30 bits per heavy atom. The fraction of sp³-hybridized carbons (Fsp3) is 0.0769. The third-order valence-electron chi connectivity index (χ3n) is 5.01. The van der Waals surface area contributed by atoms with Gasteiger partial charge in [0.2, 0.25) is 0 Å². The Labute approximate surface area is 176 Å². The number of hydrogen-bond donors (Lipinski definition) is 4. The third kappa shape index (κ3) is 4.73. The van der Waals surface area contributed by atoms with Gasteiger partial charge in [-0.15, -0.1) is 0 Å². The highest BCUT2D eigenvalue weighted by Crippen LogP contribution is 2.30. The summed E-state index contributed by atoms with van der Waals surface area (Å²) in [6.45, 7) is 1.04. The first-order chi connectivity index (χ1) is 14.7. The number of phenols is 2. The lowest BCUT2D eigenvalue weighted by Crippen LogP contribution is -2.01. The summed E-state index contributed by atoms with van der Waals surface area (Å²) in [6.07, 6.45) is 0. The quantitative estimate of drug-likeness (QED) is 0.310. The summed E-state index contributed by atoms with van der Waals surface area (Å²) in [7, 11) is 0. The molecule has 30 heavy (non-hydrogen) atoms. The average Bonchev–Trinajstić information content (AvgIpc) is 2.79. The van der Waals surface area contributed by atoms with Crippen LogP contribution in [0.1, 0.15) is 11.1 Å². The van der Waals surface area contributed by atoms with E-state index < -0.39 is 0 Å². The molecular formula is C26H24N2O2. The first-order valence-electron chi connectivity index (χ1n) is 9.91. The molecule has 0 radical (unpaired) electrons. The molecule has 0 atom stereocenters. The topological polar surface area (TPSA) is 64.5 Å². The first kappa shape index (κ1) is 19.4. The highest BCUT2D eigenvalue weighted by atomic mass is 16.3. The van der Waals surface area contributed by atoms with Gasteiger partial charge in [0.15, 0.2) is 0 Å². The van der Waals surface area contributed by atoms with Crippen molar-refractivity contribution in [1.82, 2.24) is 0 Å². The summed E-state index contributed by atoms with van der Waals surface area (Å²) in [5.74, 6) is 0.513. The van der Waals surface area contributed by atoms with Crippen molar-refractivity contribution in [2.75, 3.05) is 10.6 Å². The zero-order chi connectivity index (χ0) is 20.8. The van der Waals surface area contributed by atoms with Gasteiger partial charge in [0.25, 0.3) is 0 Å². The second kappa shape index (κ2) is 9.05. The van der Waals surface area contributed by atoms with Crippen LogP contribution in [0.3, 0.4) is 0 Å². The molecule has 0 aliphatic carbocycles. The minimum absolute atomic E-state index is 0.256. The first-order valence-corrected chi connectivity index (χ1v) is 9.91. The number of phenolic OH excluding ortho intramolecular Hbond substituents is 2. The van der Waals surface area contributed by atoms with E-state index in [9.17, 15) is 10.2 Å². The maximum Gasteiger partial charge on any atom is 0.120 e. The minimum Gasteiger partial charge on any atom is -0.508 e. The molecule has 0 unspecified atom stereocenters. The van der Waals surface area contributed by atoms with Gasteiger partial charge in [-0.2, -0.15) is 0 Å². The highest BCUT2D eigenvalue weighted by molar-refractivity contribution is 5.68. The van der Waals surface area contributed by atoms with Crippen molar-refractivity contribution in [2.24, 2.45) is 0 Å². The molecule has 4 rings (SSSR count). The van der Waals surface area contributed by atoms with E-state index in [0.717, 1.165) is 33.6 Å². The molecule has 0 spiro atoms. The second-order valence-corrected chi connectivity index (χ2v) is 7.13. The number of nitrogens with one attached hydrogen (secondary N) is 2. The smallest absolute Gasteiger partial charge is 0.120 e. The molecule has 0 amide bonds. The van der Waals surface area contributed by atoms with Gasteiger partial charge < -0.3 is 20.8 Å². The van der Waals surface area contributed by atoms with Crippen LogP contribution >= 0.6 is 0 Å². The van der Waals surface area contributed by atoms with Crippen molar-refractivity contribution >= 4 is 11.4 Å². The van der Waals surface area contributed by atoms with Crippen LogP contribution in [0.2, 0.25) is 0 Å². The summed E-state index contributed by atoms with van der Waals surface area (Å²) in [5.41, 5.74) is 5.60. The Kier molecular flexibility index (Phi) is 5.85. The normalized spacial score (nSPS) is 10.5. The SMILES string of the molecule is Oc1ccc(-c2ccc(O)c(CNc3ccccc3)c2)cc1CNc1ccccc1. The zero-order valence-corrected chi connectivity index (χ0v) is 16.5. The van der Waals surface area contributed by atoms with Gasteiger partial charge in [-0.1, -0.05) is 48.5 Å². The van der Waals surface area contributed by atoms with Crippen LogP contribution in [-0.2, 0) is 13.1 Å². The van der Waals surface area contributed by atoms with Crippen molar-refractivity contribution in [3.05, 3.63) is 108 Å². The summed E-state index contributed by atoms with van der Waals surface area (Å²) in [4.78, 5) is 0. The number of hydrogen-bond acceptors (Lipinski definition) is 4. The zero-order valence-electron chi connectivity index (χ0n) is 16.5. The van der Waals surface area contributed by atoms with E-state index in [1.165, 1.54) is 0 Å². The van der Waals surface area contributed by atoms with E-state index in [1.54, 1.807) is 12.1 Å². The number of anilines is 2. The van der Waals surface area contributed by atoms with E-state index in [2.05, 4.69) is 10.6 Å². The second-order valence-electron chi connectivity index (χ2n) is 7.13. The van der Waals surface area contributed by atoms with Gasteiger partial charge >= 0.3 is 0 Å². The number of benzene rings is 4. The predicted octanol–water partition coefficient (Wildman–Crippen LogP) is 5.99. The summed E-state index contributed by atoms with van der Waals surface area (Å²) >= 11 is 0. The Morgan fingerprint density at radius 2 is 0.900 bits per heavy atom. The monoisotopic (exact) mass is 396 g/mol. The van der Waals surface area contributed by atoms with Crippen LogP contribution in [0.5, 0.6) is 11.5 Å². The van der Waals surface area contributed by atoms with Crippen LogP contribution in [-0.4, -0.2) is 10.2 Å². The van der Waals surface area contributed by atoms with Crippen molar-refractivity contribution in [3.63, 3.8) is 0 Å². The number of para-hydroxylation sites is 2. The van der Waals surface area contributed by atoms with Crippen LogP contribution < -0.4 is 10.6 Å². The molecule has 0 saturated heterocycles. The molecule has 4 aromatic carbocycles. The summed E-state index contributed by atoms with van der Waals surface area (Å²) < 4.78 is 0. The molecule has 0 bridgehead atoms. The Hall–Kier alpha value is -3.92. The minimum atomic E-state index is 0.256. The van der Waals surface area contributed by atoms with Crippen LogP contribution in [0, 0.1) is 0 Å². The lowest BCUT2D eigenvalue weighted by atomic mass is 9.99. The number of rotatable bonds is 7. The molecule has 0 aliphatic heterocycles. The van der Waals surface area contributed by atoms with E-state index in [4.69, 9.17) is 0 Å². The molecule has 0 aromatic heterocycles. The van der Waals surface area contributed by atoms with Crippen LogP contribution in [0.15, 0.2) is 97.1 Å². The molecule has 4 heteroatoms. The average molecular weight is 396 g/mol. The molecule has 150 valence electrons. The van der Waals surface area contributed by atoms with Crippen molar-refractivity contribution in [1.29, 1.82) is 0 Å². The van der Waals surface area contributed by atoms with Crippen molar-refractivity contribution < 1.29 is 10.2 Å². The summed E-state index contributed by atoms with van der Waals surface area (Å²) in [6, 6.07) is 31.0. The van der Waals surface area contributed by atoms with Gasteiger partial charge in [0.1, 0.15) is 11.5 Å². The number of aromatic hydroxyl groups is 2. The lowest BCUT2D eigenvalue weighted by Gasteiger charge is -2.13. The largest absolute Gasteiger partial charge is 0.508 e. The highest BCUT2D eigenvalue weighted by Gasteiger charge is 2.08. The van der Waals surface area contributed by atoms with Gasteiger partial charge in [-0.05, 0) is 59.7 Å². The van der Waals surface area contributed by atoms with E-state index in [0.29, 0.717) is 13.1 Å². The molecule has 4 aromatic rings. The molecule has 0 fully saturated rings. The maximum atomic E-state index is 10.3. The van der Waals surface area contributed by atoms with E-state index >= 15 is 0 Å². The Balaban J connectivity index is 1.53. The van der Waals surface area contributed by atoms with Crippen molar-refractivity contribution in [2.45, 2.75) is 13.1 Å². The molecule has 4 nitrogen and oxygen atoms in total. The lowest BCUT2D eigenvalue weighted by molar-refractivity contribution is 0.468. The Morgan fingerprint density at radius 1 is 0.500 bits per heavy atom. The molecule has 4 N–H and O–H groups in total. The molecule has 0 saturated carbocycles. The predicted molar refractivity (Wildman–Crippen MR) is 123 cm³/mol. The summed E-state index contributed by atoms with van der Waals surface area (Å²) in [5, 5.41) is 27.2. The maximum absolute atomic E-state index is 10.3.